The first-order valence-electron chi connectivity index (χ1n) is 8.78. The van der Waals surface area contributed by atoms with Crippen LogP contribution in [0.4, 0.5) is 17.5 Å². The maximum absolute atomic E-state index is 4.94. The summed E-state index contributed by atoms with van der Waals surface area (Å²) in [5.41, 5.74) is 3.72. The number of piperazine rings is 1. The predicted molar refractivity (Wildman–Crippen MR) is 98.2 cm³/mol. The van der Waals surface area contributed by atoms with Crippen LogP contribution < -0.4 is 9.80 Å². The van der Waals surface area contributed by atoms with Crippen molar-refractivity contribution in [3.8, 4) is 0 Å². The fourth-order valence-corrected chi connectivity index (χ4v) is 3.72. The molecule has 1 fully saturated rings. The van der Waals surface area contributed by atoms with Gasteiger partial charge in [-0.15, -0.1) is 0 Å². The molecule has 4 rings (SSSR count). The number of benzene rings is 1. The third kappa shape index (κ3) is 2.73. The molecule has 0 saturated carbocycles. The second-order valence-corrected chi connectivity index (χ2v) is 7.01. The second-order valence-electron chi connectivity index (χ2n) is 7.01. The Morgan fingerprint density at radius 1 is 1.04 bits per heavy atom. The Kier molecular flexibility index (Phi) is 3.88. The first kappa shape index (κ1) is 15.4. The van der Waals surface area contributed by atoms with E-state index in [1.165, 1.54) is 11.3 Å². The van der Waals surface area contributed by atoms with Gasteiger partial charge in [0.2, 0.25) is 5.95 Å². The van der Waals surface area contributed by atoms with Crippen LogP contribution in [0, 0.1) is 6.92 Å². The fraction of sp³-hybridized carbons (Fsp3) is 0.474. The smallest absolute Gasteiger partial charge is 0.227 e. The van der Waals surface area contributed by atoms with Crippen LogP contribution >= 0.6 is 0 Å². The van der Waals surface area contributed by atoms with Crippen molar-refractivity contribution in [3.05, 3.63) is 41.6 Å². The molecule has 0 amide bonds. The average molecular weight is 323 g/mol. The first-order valence-corrected chi connectivity index (χ1v) is 8.78. The number of likely N-dealkylation sites (N-methyl/N-ethyl adjacent to an activating group) is 1. The van der Waals surface area contributed by atoms with Gasteiger partial charge in [-0.05, 0) is 38.9 Å². The molecule has 0 aliphatic carbocycles. The van der Waals surface area contributed by atoms with Crippen molar-refractivity contribution in [1.29, 1.82) is 0 Å². The number of fused-ring (bicyclic) bond motifs is 1. The van der Waals surface area contributed by atoms with Gasteiger partial charge in [0.25, 0.3) is 0 Å². The van der Waals surface area contributed by atoms with E-state index in [0.717, 1.165) is 50.1 Å². The molecule has 3 heterocycles. The van der Waals surface area contributed by atoms with E-state index in [-0.39, 0.29) is 0 Å². The number of aromatic nitrogens is 2. The van der Waals surface area contributed by atoms with Crippen LogP contribution in [0.5, 0.6) is 0 Å². The molecule has 1 atom stereocenters. The quantitative estimate of drug-likeness (QED) is 0.849. The topological polar surface area (TPSA) is 35.5 Å². The SMILES string of the molecule is Cc1cc(N2c3ccccc3CC2C)nc(N2CCN(C)CC2)n1. The highest BCUT2D eigenvalue weighted by atomic mass is 15.3. The second kappa shape index (κ2) is 6.06. The van der Waals surface area contributed by atoms with E-state index in [4.69, 9.17) is 9.97 Å². The molecule has 0 radical (unpaired) electrons. The van der Waals surface area contributed by atoms with E-state index in [9.17, 15) is 0 Å². The largest absolute Gasteiger partial charge is 0.338 e. The molecule has 1 aromatic carbocycles. The molecule has 24 heavy (non-hydrogen) atoms. The van der Waals surface area contributed by atoms with Crippen LogP contribution in [-0.4, -0.2) is 54.1 Å². The van der Waals surface area contributed by atoms with Gasteiger partial charge >= 0.3 is 0 Å². The lowest BCUT2D eigenvalue weighted by atomic mass is 10.1. The maximum Gasteiger partial charge on any atom is 0.227 e. The normalized spacial score (nSPS) is 21.2. The van der Waals surface area contributed by atoms with Crippen LogP contribution in [0.2, 0.25) is 0 Å². The molecule has 2 aliphatic heterocycles. The zero-order chi connectivity index (χ0) is 16.7. The van der Waals surface area contributed by atoms with Gasteiger partial charge in [-0.3, -0.25) is 0 Å². The summed E-state index contributed by atoms with van der Waals surface area (Å²) in [7, 11) is 2.17. The predicted octanol–water partition coefficient (Wildman–Crippen LogP) is 2.62. The fourth-order valence-electron chi connectivity index (χ4n) is 3.72. The molecule has 2 aliphatic rings. The molecule has 126 valence electrons. The van der Waals surface area contributed by atoms with Crippen LogP contribution in [0.25, 0.3) is 0 Å². The first-order chi connectivity index (χ1) is 11.6. The molecule has 0 spiro atoms. The van der Waals surface area contributed by atoms with Crippen LogP contribution in [0.3, 0.4) is 0 Å². The lowest BCUT2D eigenvalue weighted by molar-refractivity contribution is 0.311. The zero-order valence-corrected chi connectivity index (χ0v) is 14.7. The van der Waals surface area contributed by atoms with Gasteiger partial charge in [0.1, 0.15) is 5.82 Å². The van der Waals surface area contributed by atoms with E-state index >= 15 is 0 Å². The Morgan fingerprint density at radius 3 is 2.58 bits per heavy atom. The summed E-state index contributed by atoms with van der Waals surface area (Å²) in [6.45, 7) is 8.45. The Bertz CT molecular complexity index is 736. The minimum atomic E-state index is 0.428. The third-order valence-electron chi connectivity index (χ3n) is 5.07. The van der Waals surface area contributed by atoms with Crippen LogP contribution in [-0.2, 0) is 6.42 Å². The van der Waals surface area contributed by atoms with Gasteiger partial charge in [0, 0.05) is 49.7 Å². The van der Waals surface area contributed by atoms with Gasteiger partial charge in [-0.1, -0.05) is 18.2 Å². The van der Waals surface area contributed by atoms with Crippen molar-refractivity contribution in [2.45, 2.75) is 26.3 Å². The van der Waals surface area contributed by atoms with Gasteiger partial charge in [-0.25, -0.2) is 4.98 Å². The van der Waals surface area contributed by atoms with E-state index in [1.54, 1.807) is 0 Å². The van der Waals surface area contributed by atoms with E-state index in [1.807, 2.05) is 0 Å². The zero-order valence-electron chi connectivity index (χ0n) is 14.7. The van der Waals surface area contributed by atoms with E-state index in [2.05, 4.69) is 65.9 Å². The summed E-state index contributed by atoms with van der Waals surface area (Å²) in [6, 6.07) is 11.2. The maximum atomic E-state index is 4.94. The highest BCUT2D eigenvalue weighted by molar-refractivity contribution is 5.69. The van der Waals surface area contributed by atoms with Gasteiger partial charge < -0.3 is 14.7 Å². The monoisotopic (exact) mass is 323 g/mol. The highest BCUT2D eigenvalue weighted by Gasteiger charge is 2.28. The molecule has 2 aromatic rings. The van der Waals surface area contributed by atoms with Crippen molar-refractivity contribution in [1.82, 2.24) is 14.9 Å². The minimum absolute atomic E-state index is 0.428. The van der Waals surface area contributed by atoms with Crippen molar-refractivity contribution in [2.75, 3.05) is 43.0 Å². The van der Waals surface area contributed by atoms with E-state index < -0.39 is 0 Å². The molecule has 0 N–H and O–H groups in total. The van der Waals surface area contributed by atoms with Gasteiger partial charge in [0.15, 0.2) is 0 Å². The van der Waals surface area contributed by atoms with Crippen LogP contribution in [0.1, 0.15) is 18.2 Å². The lowest BCUT2D eigenvalue weighted by Gasteiger charge is -2.33. The summed E-state index contributed by atoms with van der Waals surface area (Å²) in [4.78, 5) is 16.7. The Labute approximate surface area is 143 Å². The minimum Gasteiger partial charge on any atom is -0.338 e. The molecule has 5 heteroatoms. The molecule has 1 unspecified atom stereocenters. The lowest BCUT2D eigenvalue weighted by Crippen LogP contribution is -2.45. The standard InChI is InChI=1S/C19H25N5/c1-14-12-18(21-19(20-14)23-10-8-22(3)9-11-23)24-15(2)13-16-6-4-5-7-17(16)24/h4-7,12,15H,8-11,13H2,1-3H3. The molecular weight excluding hydrogens is 298 g/mol. The molecule has 0 bridgehead atoms. The Morgan fingerprint density at radius 2 is 1.79 bits per heavy atom. The molecule has 1 aromatic heterocycles. The number of aryl methyl sites for hydroxylation is 1. The Hall–Kier alpha value is -2.14. The molecule has 1 saturated heterocycles. The number of hydrogen-bond acceptors (Lipinski definition) is 5. The number of para-hydroxylation sites is 1. The summed E-state index contributed by atoms with van der Waals surface area (Å²) in [5, 5.41) is 0. The van der Waals surface area contributed by atoms with Crippen molar-refractivity contribution in [3.63, 3.8) is 0 Å². The molecular formula is C19H25N5. The van der Waals surface area contributed by atoms with E-state index in [0.29, 0.717) is 6.04 Å². The average Bonchev–Trinajstić information content (AvgIpc) is 2.90. The Balaban J connectivity index is 1.69. The van der Waals surface area contributed by atoms with Gasteiger partial charge in [-0.2, -0.15) is 4.98 Å². The molecule has 5 nitrogen and oxygen atoms in total. The highest BCUT2D eigenvalue weighted by Crippen LogP contribution is 2.37. The van der Waals surface area contributed by atoms with Crippen molar-refractivity contribution >= 4 is 17.5 Å². The summed E-state index contributed by atoms with van der Waals surface area (Å²) >= 11 is 0. The van der Waals surface area contributed by atoms with Crippen LogP contribution in [0.15, 0.2) is 30.3 Å². The number of rotatable bonds is 2. The number of hydrogen-bond donors (Lipinski definition) is 0. The summed E-state index contributed by atoms with van der Waals surface area (Å²) in [6.07, 6.45) is 1.07. The van der Waals surface area contributed by atoms with Crippen molar-refractivity contribution in [2.24, 2.45) is 0 Å². The third-order valence-corrected chi connectivity index (χ3v) is 5.07. The summed E-state index contributed by atoms with van der Waals surface area (Å²) < 4.78 is 0. The van der Waals surface area contributed by atoms with Crippen molar-refractivity contribution < 1.29 is 0 Å². The number of anilines is 3. The van der Waals surface area contributed by atoms with Gasteiger partial charge in [0.05, 0.1) is 0 Å². The number of nitrogens with zero attached hydrogens (tertiary/aromatic N) is 5. The summed E-state index contributed by atoms with van der Waals surface area (Å²) in [5.74, 6) is 1.89.